The fraction of sp³-hybridized carbons (Fsp3) is 0.409. The molecule has 1 amide bonds. The minimum atomic E-state index is -0.369. The minimum absolute atomic E-state index is 0.0178. The van der Waals surface area contributed by atoms with E-state index in [1.165, 1.54) is 11.1 Å². The number of piperidine rings is 1. The van der Waals surface area contributed by atoms with Crippen LogP contribution in [-0.2, 0) is 16.8 Å². The Morgan fingerprint density at radius 1 is 1.11 bits per heavy atom. The number of fused-ring (bicyclic) bond motifs is 3. The smallest absolute Gasteiger partial charge is 0.253 e. The Morgan fingerprint density at radius 2 is 1.93 bits per heavy atom. The molecule has 1 fully saturated rings. The van der Waals surface area contributed by atoms with E-state index in [1.807, 2.05) is 17.0 Å². The minimum Gasteiger partial charge on any atom is -0.496 e. The number of hydrogen-bond acceptors (Lipinski definition) is 5. The van der Waals surface area contributed by atoms with Crippen LogP contribution >= 0.6 is 0 Å². The normalized spacial score (nSPS) is 19.4. The number of methoxy groups -OCH3 is 1. The molecular formula is C22H23NO5. The van der Waals surface area contributed by atoms with Gasteiger partial charge in [0.05, 0.1) is 13.7 Å². The maximum absolute atomic E-state index is 13.0. The van der Waals surface area contributed by atoms with Crippen molar-refractivity contribution in [2.24, 2.45) is 0 Å². The van der Waals surface area contributed by atoms with Crippen LogP contribution in [0.25, 0.3) is 0 Å². The van der Waals surface area contributed by atoms with Crippen LogP contribution in [0.3, 0.4) is 0 Å². The van der Waals surface area contributed by atoms with Crippen LogP contribution < -0.4 is 14.2 Å². The van der Waals surface area contributed by atoms with Gasteiger partial charge in [0.1, 0.15) is 11.4 Å². The van der Waals surface area contributed by atoms with E-state index in [0.29, 0.717) is 36.8 Å². The zero-order valence-corrected chi connectivity index (χ0v) is 15.9. The number of nitrogens with zero attached hydrogens (tertiary/aromatic N) is 1. The van der Waals surface area contributed by atoms with Crippen molar-refractivity contribution >= 4 is 5.91 Å². The van der Waals surface area contributed by atoms with E-state index in [9.17, 15) is 4.79 Å². The van der Waals surface area contributed by atoms with Crippen LogP contribution in [-0.4, -0.2) is 44.4 Å². The Kier molecular flexibility index (Phi) is 4.16. The fourth-order valence-corrected chi connectivity index (χ4v) is 4.58. The second-order valence-electron chi connectivity index (χ2n) is 7.45. The van der Waals surface area contributed by atoms with Gasteiger partial charge in [-0.1, -0.05) is 12.1 Å². The molecule has 2 aromatic rings. The highest BCUT2D eigenvalue weighted by atomic mass is 16.7. The number of likely N-dealkylation sites (tertiary alicyclic amines) is 1. The lowest BCUT2D eigenvalue weighted by molar-refractivity contribution is -0.0946. The zero-order chi connectivity index (χ0) is 19.1. The molecule has 0 radical (unpaired) electrons. The van der Waals surface area contributed by atoms with Gasteiger partial charge >= 0.3 is 0 Å². The van der Waals surface area contributed by atoms with Crippen LogP contribution in [0.1, 0.15) is 34.3 Å². The number of hydrogen-bond donors (Lipinski definition) is 0. The van der Waals surface area contributed by atoms with Gasteiger partial charge in [-0.25, -0.2) is 0 Å². The van der Waals surface area contributed by atoms with Crippen molar-refractivity contribution in [2.45, 2.75) is 24.9 Å². The highest BCUT2D eigenvalue weighted by molar-refractivity contribution is 5.95. The third-order valence-corrected chi connectivity index (χ3v) is 6.02. The second-order valence-corrected chi connectivity index (χ2v) is 7.45. The Labute approximate surface area is 163 Å². The standard InChI is InChI=1S/C22H23NO5/c1-25-18-4-2-3-15-7-12-28-22(20(15)18)8-10-23(11-9-22)21(24)16-5-6-17-19(13-16)27-14-26-17/h2-6,13H,7-12,14H2,1H3. The van der Waals surface area contributed by atoms with Crippen molar-refractivity contribution in [2.75, 3.05) is 33.6 Å². The molecule has 1 saturated heterocycles. The summed E-state index contributed by atoms with van der Waals surface area (Å²) in [7, 11) is 1.70. The molecule has 0 unspecified atom stereocenters. The number of carbonyl (C=O) groups is 1. The molecule has 6 heteroatoms. The average molecular weight is 381 g/mol. The molecule has 28 heavy (non-hydrogen) atoms. The summed E-state index contributed by atoms with van der Waals surface area (Å²) in [6.45, 7) is 2.20. The van der Waals surface area contributed by atoms with Gasteiger partial charge in [0, 0.05) is 24.2 Å². The maximum atomic E-state index is 13.0. The molecule has 3 aliphatic rings. The van der Waals surface area contributed by atoms with Gasteiger partial charge < -0.3 is 23.8 Å². The first kappa shape index (κ1) is 17.4. The quantitative estimate of drug-likeness (QED) is 0.800. The van der Waals surface area contributed by atoms with Crippen molar-refractivity contribution in [3.63, 3.8) is 0 Å². The van der Waals surface area contributed by atoms with Crippen molar-refractivity contribution in [1.29, 1.82) is 0 Å². The highest BCUT2D eigenvalue weighted by Crippen LogP contribution is 2.46. The summed E-state index contributed by atoms with van der Waals surface area (Å²) in [6, 6.07) is 11.6. The molecule has 0 atom stereocenters. The summed E-state index contributed by atoms with van der Waals surface area (Å²) in [5, 5.41) is 0. The fourth-order valence-electron chi connectivity index (χ4n) is 4.58. The van der Waals surface area contributed by atoms with Crippen LogP contribution in [0.2, 0.25) is 0 Å². The van der Waals surface area contributed by atoms with Crippen LogP contribution in [0.5, 0.6) is 17.2 Å². The van der Waals surface area contributed by atoms with Crippen molar-refractivity contribution in [3.05, 3.63) is 53.1 Å². The summed E-state index contributed by atoms with van der Waals surface area (Å²) >= 11 is 0. The summed E-state index contributed by atoms with van der Waals surface area (Å²) in [4.78, 5) is 14.9. The monoisotopic (exact) mass is 381 g/mol. The SMILES string of the molecule is COc1cccc2c1C1(CCN(C(=O)c3ccc4c(c3)OCO4)CC1)OCC2. The molecule has 0 N–H and O–H groups in total. The molecule has 1 spiro atoms. The first-order valence-corrected chi connectivity index (χ1v) is 9.69. The Balaban J connectivity index is 1.37. The van der Waals surface area contributed by atoms with Gasteiger partial charge in [-0.3, -0.25) is 4.79 Å². The second kappa shape index (κ2) is 6.71. The van der Waals surface area contributed by atoms with Gasteiger partial charge in [0.2, 0.25) is 6.79 Å². The summed E-state index contributed by atoms with van der Waals surface area (Å²) in [5.74, 6) is 2.22. The van der Waals surface area contributed by atoms with Gasteiger partial charge in [0.15, 0.2) is 11.5 Å². The largest absolute Gasteiger partial charge is 0.496 e. The maximum Gasteiger partial charge on any atom is 0.253 e. The van der Waals surface area contributed by atoms with E-state index in [-0.39, 0.29) is 18.3 Å². The first-order chi connectivity index (χ1) is 13.7. The molecule has 5 rings (SSSR count). The Hall–Kier alpha value is -2.73. The highest BCUT2D eigenvalue weighted by Gasteiger charge is 2.43. The molecule has 3 aliphatic heterocycles. The summed E-state index contributed by atoms with van der Waals surface area (Å²) < 4.78 is 22.7. The molecule has 6 nitrogen and oxygen atoms in total. The third kappa shape index (κ3) is 2.71. The lowest BCUT2D eigenvalue weighted by atomic mass is 9.78. The number of amides is 1. The van der Waals surface area contributed by atoms with E-state index >= 15 is 0 Å². The summed E-state index contributed by atoms with van der Waals surface area (Å²) in [6.07, 6.45) is 2.42. The topological polar surface area (TPSA) is 57.2 Å². The van der Waals surface area contributed by atoms with E-state index in [0.717, 1.165) is 25.0 Å². The number of ether oxygens (including phenoxy) is 4. The molecule has 146 valence electrons. The van der Waals surface area contributed by atoms with Crippen LogP contribution in [0.15, 0.2) is 36.4 Å². The summed E-state index contributed by atoms with van der Waals surface area (Å²) in [5.41, 5.74) is 2.72. The van der Waals surface area contributed by atoms with Crippen LogP contribution in [0, 0.1) is 0 Å². The van der Waals surface area contributed by atoms with Crippen molar-refractivity contribution in [3.8, 4) is 17.2 Å². The third-order valence-electron chi connectivity index (χ3n) is 6.02. The lowest BCUT2D eigenvalue weighted by Gasteiger charge is -2.45. The first-order valence-electron chi connectivity index (χ1n) is 9.69. The molecule has 0 aliphatic carbocycles. The number of rotatable bonds is 2. The molecule has 3 heterocycles. The van der Waals surface area contributed by atoms with Gasteiger partial charge in [-0.05, 0) is 49.1 Å². The molecule has 0 bridgehead atoms. The zero-order valence-electron chi connectivity index (χ0n) is 15.9. The van der Waals surface area contributed by atoms with E-state index in [4.69, 9.17) is 18.9 Å². The average Bonchev–Trinajstić information content (AvgIpc) is 3.21. The molecule has 2 aromatic carbocycles. The molecular weight excluding hydrogens is 358 g/mol. The predicted octanol–water partition coefficient (Wildman–Crippen LogP) is 3.13. The molecule has 0 saturated carbocycles. The number of carbonyl (C=O) groups excluding carboxylic acids is 1. The van der Waals surface area contributed by atoms with Gasteiger partial charge in [0.25, 0.3) is 5.91 Å². The van der Waals surface area contributed by atoms with E-state index < -0.39 is 0 Å². The van der Waals surface area contributed by atoms with Crippen molar-refractivity contribution in [1.82, 2.24) is 4.90 Å². The van der Waals surface area contributed by atoms with E-state index in [1.54, 1.807) is 25.3 Å². The van der Waals surface area contributed by atoms with Gasteiger partial charge in [-0.2, -0.15) is 0 Å². The Bertz CT molecular complexity index is 903. The predicted molar refractivity (Wildman–Crippen MR) is 102 cm³/mol. The molecule has 0 aromatic heterocycles. The lowest BCUT2D eigenvalue weighted by Crippen LogP contribution is -2.48. The van der Waals surface area contributed by atoms with E-state index in [2.05, 4.69) is 6.07 Å². The van der Waals surface area contributed by atoms with Crippen molar-refractivity contribution < 1.29 is 23.7 Å². The Morgan fingerprint density at radius 3 is 2.75 bits per heavy atom. The van der Waals surface area contributed by atoms with Crippen LogP contribution in [0.4, 0.5) is 0 Å². The number of benzene rings is 2. The van der Waals surface area contributed by atoms with Gasteiger partial charge in [-0.15, -0.1) is 0 Å².